The van der Waals surface area contributed by atoms with Crippen molar-refractivity contribution >= 4 is 34.3 Å². The number of thioether (sulfide) groups is 1. The van der Waals surface area contributed by atoms with E-state index in [2.05, 4.69) is 107 Å². The van der Waals surface area contributed by atoms with Gasteiger partial charge in [0.15, 0.2) is 0 Å². The Bertz CT molecular complexity index is 1470. The minimum Gasteiger partial charge on any atom is -0.507 e. The molecule has 0 unspecified atom stereocenters. The summed E-state index contributed by atoms with van der Waals surface area (Å²) < 4.78 is 0. The van der Waals surface area contributed by atoms with Crippen molar-refractivity contribution in [2.45, 2.75) is 67.1 Å². The molecule has 0 atom stereocenters. The van der Waals surface area contributed by atoms with Gasteiger partial charge in [0.05, 0.1) is 0 Å². The number of rotatable bonds is 3. The third-order valence-electron chi connectivity index (χ3n) is 8.12. The number of hydrogen-bond donors (Lipinski definition) is 1. The van der Waals surface area contributed by atoms with Crippen molar-refractivity contribution in [2.24, 2.45) is 10.8 Å². The molecule has 0 amide bonds. The Balaban J connectivity index is 1.65. The lowest BCUT2D eigenvalue weighted by molar-refractivity contribution is 0.0645. The highest BCUT2D eigenvalue weighted by Gasteiger charge is 2.53. The summed E-state index contributed by atoms with van der Waals surface area (Å²) in [5, 5.41) is 13.6. The number of phenols is 1. The lowest BCUT2D eigenvalue weighted by Crippen LogP contribution is -2.43. The van der Waals surface area contributed by atoms with E-state index in [4.69, 9.17) is 0 Å². The van der Waals surface area contributed by atoms with Gasteiger partial charge in [0.1, 0.15) is 5.75 Å². The van der Waals surface area contributed by atoms with E-state index in [1.807, 2.05) is 11.8 Å². The molecule has 0 aromatic heterocycles. The molecule has 0 bridgehead atoms. The maximum atomic E-state index is 11.5. The molecule has 0 aliphatic heterocycles. The lowest BCUT2D eigenvalue weighted by Gasteiger charge is -2.51. The predicted molar refractivity (Wildman–Crippen MR) is 156 cm³/mol. The van der Waals surface area contributed by atoms with Gasteiger partial charge in [0.2, 0.25) is 0 Å². The van der Waals surface area contributed by atoms with Gasteiger partial charge >= 0.3 is 0 Å². The summed E-state index contributed by atoms with van der Waals surface area (Å²) in [5.41, 5.74) is 5.80. The first-order valence-corrected chi connectivity index (χ1v) is 14.9. The van der Waals surface area contributed by atoms with Crippen LogP contribution in [0.1, 0.15) is 58.1 Å². The lowest BCUT2D eigenvalue weighted by atomic mass is 9.52. The molecule has 3 heteroatoms. The molecular weight excluding hydrogens is 476 g/mol. The zero-order valence-electron chi connectivity index (χ0n) is 21.8. The average Bonchev–Trinajstić information content (AvgIpc) is 3.06. The molecule has 4 aromatic rings. The molecule has 0 radical (unpaired) electrons. The van der Waals surface area contributed by atoms with Crippen LogP contribution in [0.2, 0.25) is 0 Å². The number of phenolic OH excluding ortho intramolecular Hbond substituents is 1. The molecule has 36 heavy (non-hydrogen) atoms. The summed E-state index contributed by atoms with van der Waals surface area (Å²) in [5.74, 6) is 0.406. The van der Waals surface area contributed by atoms with Gasteiger partial charge in [-0.1, -0.05) is 81.9 Å². The molecule has 2 aliphatic rings. The normalized spacial score (nSPS) is 18.8. The topological polar surface area (TPSA) is 20.2 Å². The molecule has 184 valence electrons. The third-order valence-corrected chi connectivity index (χ3v) is 10.1. The smallest absolute Gasteiger partial charge is 0.123 e. The van der Waals surface area contributed by atoms with E-state index in [1.54, 1.807) is 11.8 Å². The van der Waals surface area contributed by atoms with E-state index in [9.17, 15) is 5.11 Å². The molecule has 0 heterocycles. The van der Waals surface area contributed by atoms with E-state index in [1.165, 1.54) is 48.7 Å². The number of benzene rings is 4. The van der Waals surface area contributed by atoms with Crippen LogP contribution in [-0.4, -0.2) is 11.4 Å². The Kier molecular flexibility index (Phi) is 5.55. The van der Waals surface area contributed by atoms with Crippen molar-refractivity contribution in [3.8, 4) is 16.9 Å². The van der Waals surface area contributed by atoms with Crippen LogP contribution >= 0.6 is 23.5 Å². The number of hydrogen-bond acceptors (Lipinski definition) is 3. The molecule has 0 saturated heterocycles. The van der Waals surface area contributed by atoms with Crippen LogP contribution in [0.4, 0.5) is 0 Å². The molecule has 1 spiro atoms. The fraction of sp³-hybridized carbons (Fsp3) is 0.333. The first kappa shape index (κ1) is 24.0. The average molecular weight is 511 g/mol. The summed E-state index contributed by atoms with van der Waals surface area (Å²) in [4.78, 5) is 3.68. The SMILES string of the molecule is CSc1cc2c(O)cc3c(c2cc1Sc1ccccc1)-c1ccccc1C31CC(C)(C)CC(C)(C)C1. The Labute approximate surface area is 223 Å². The van der Waals surface area contributed by atoms with Crippen molar-refractivity contribution in [1.82, 2.24) is 0 Å². The highest BCUT2D eigenvalue weighted by molar-refractivity contribution is 8.02. The quantitative estimate of drug-likeness (QED) is 0.277. The summed E-state index contributed by atoms with van der Waals surface area (Å²) >= 11 is 3.56. The van der Waals surface area contributed by atoms with E-state index in [0.717, 1.165) is 18.2 Å². The summed E-state index contributed by atoms with van der Waals surface area (Å²) in [6, 6.07) is 26.3. The van der Waals surface area contributed by atoms with Crippen molar-refractivity contribution in [3.05, 3.63) is 83.9 Å². The summed E-state index contributed by atoms with van der Waals surface area (Å²) in [7, 11) is 0. The van der Waals surface area contributed by atoms with Gasteiger partial charge in [-0.3, -0.25) is 0 Å². The first-order valence-electron chi connectivity index (χ1n) is 12.8. The van der Waals surface area contributed by atoms with Gasteiger partial charge in [0, 0.05) is 25.5 Å². The first-order chi connectivity index (χ1) is 17.1. The van der Waals surface area contributed by atoms with Gasteiger partial charge < -0.3 is 5.11 Å². The van der Waals surface area contributed by atoms with Gasteiger partial charge in [-0.05, 0) is 94.3 Å². The molecular formula is C33H34OS2. The molecule has 1 fully saturated rings. The minimum atomic E-state index is -0.0756. The number of fused-ring (bicyclic) bond motifs is 7. The number of aromatic hydroxyl groups is 1. The largest absolute Gasteiger partial charge is 0.507 e. The minimum absolute atomic E-state index is 0.0756. The van der Waals surface area contributed by atoms with Crippen molar-refractivity contribution in [3.63, 3.8) is 0 Å². The van der Waals surface area contributed by atoms with Crippen LogP contribution in [0.25, 0.3) is 21.9 Å². The molecule has 1 N–H and O–H groups in total. The van der Waals surface area contributed by atoms with Crippen molar-refractivity contribution in [1.29, 1.82) is 0 Å². The van der Waals surface area contributed by atoms with Crippen LogP contribution in [-0.2, 0) is 5.41 Å². The van der Waals surface area contributed by atoms with E-state index in [0.29, 0.717) is 5.75 Å². The zero-order valence-corrected chi connectivity index (χ0v) is 23.4. The molecule has 6 rings (SSSR count). The van der Waals surface area contributed by atoms with Gasteiger partial charge in [-0.2, -0.15) is 0 Å². The molecule has 1 saturated carbocycles. The Morgan fingerprint density at radius 3 is 2.03 bits per heavy atom. The highest BCUT2D eigenvalue weighted by atomic mass is 32.2. The van der Waals surface area contributed by atoms with Crippen molar-refractivity contribution in [2.75, 3.05) is 6.26 Å². The Morgan fingerprint density at radius 2 is 1.33 bits per heavy atom. The van der Waals surface area contributed by atoms with Gasteiger partial charge in [0.25, 0.3) is 0 Å². The Hall–Kier alpha value is -2.36. The van der Waals surface area contributed by atoms with E-state index in [-0.39, 0.29) is 16.2 Å². The second kappa shape index (κ2) is 8.33. The summed E-state index contributed by atoms with van der Waals surface area (Å²) in [6.07, 6.45) is 5.55. The van der Waals surface area contributed by atoms with Crippen LogP contribution in [0.5, 0.6) is 5.75 Å². The fourth-order valence-electron chi connectivity index (χ4n) is 7.69. The predicted octanol–water partition coefficient (Wildman–Crippen LogP) is 9.92. The van der Waals surface area contributed by atoms with Crippen LogP contribution in [0.15, 0.2) is 87.5 Å². The zero-order chi connectivity index (χ0) is 25.3. The van der Waals surface area contributed by atoms with Crippen molar-refractivity contribution < 1.29 is 5.11 Å². The summed E-state index contributed by atoms with van der Waals surface area (Å²) in [6.45, 7) is 9.71. The van der Waals surface area contributed by atoms with E-state index < -0.39 is 0 Å². The van der Waals surface area contributed by atoms with E-state index >= 15 is 0 Å². The van der Waals surface area contributed by atoms with Gasteiger partial charge in [-0.25, -0.2) is 0 Å². The molecule has 4 aromatic carbocycles. The van der Waals surface area contributed by atoms with Crippen LogP contribution in [0.3, 0.4) is 0 Å². The van der Waals surface area contributed by atoms with Crippen LogP contribution < -0.4 is 0 Å². The maximum absolute atomic E-state index is 11.5. The van der Waals surface area contributed by atoms with Gasteiger partial charge in [-0.15, -0.1) is 11.8 Å². The standard InChI is InChI=1S/C33H34OS2/c1-31(2)18-32(3,4)20-33(19-31)25-14-10-9-13-22(25)30-24-16-29(36-21-11-7-6-8-12-21)28(35-5)15-23(24)27(34)17-26(30)33/h6-17,34H,18-20H2,1-5H3. The maximum Gasteiger partial charge on any atom is 0.123 e. The molecule has 1 nitrogen and oxygen atoms in total. The highest BCUT2D eigenvalue weighted by Crippen LogP contribution is 2.65. The molecule has 2 aliphatic carbocycles. The third kappa shape index (κ3) is 3.78. The van der Waals surface area contributed by atoms with Crippen LogP contribution in [0, 0.1) is 10.8 Å². The Morgan fingerprint density at radius 1 is 0.694 bits per heavy atom. The monoisotopic (exact) mass is 510 g/mol. The second-order valence-electron chi connectivity index (χ2n) is 12.3. The second-order valence-corrected chi connectivity index (χ2v) is 14.2. The fourth-order valence-corrected chi connectivity index (χ4v) is 9.45.